The number of carbonyl (C=O) groups is 1. The fraction of sp³-hybridized carbons (Fsp3) is 0.500. The third-order valence-corrected chi connectivity index (χ3v) is 4.53. The van der Waals surface area contributed by atoms with E-state index in [0.717, 1.165) is 21.5 Å². The Bertz CT molecular complexity index is 296. The van der Waals surface area contributed by atoms with E-state index in [4.69, 9.17) is 0 Å². The SMILES string of the molecule is CCCSCC(=O)Cc1cc(Br)cs1. The van der Waals surface area contributed by atoms with Gasteiger partial charge in [-0.05, 0) is 34.2 Å². The Morgan fingerprint density at radius 1 is 1.64 bits per heavy atom. The van der Waals surface area contributed by atoms with Gasteiger partial charge < -0.3 is 0 Å². The number of rotatable bonds is 6. The highest BCUT2D eigenvalue weighted by Crippen LogP contribution is 2.20. The summed E-state index contributed by atoms with van der Waals surface area (Å²) >= 11 is 6.75. The van der Waals surface area contributed by atoms with E-state index in [2.05, 4.69) is 22.9 Å². The Balaban J connectivity index is 2.27. The minimum Gasteiger partial charge on any atom is -0.298 e. The second kappa shape index (κ2) is 6.64. The molecule has 0 amide bonds. The largest absolute Gasteiger partial charge is 0.298 e. The Hall–Kier alpha value is 0.200. The van der Waals surface area contributed by atoms with Crippen molar-refractivity contribution in [2.75, 3.05) is 11.5 Å². The van der Waals surface area contributed by atoms with Gasteiger partial charge in [0.15, 0.2) is 0 Å². The quantitative estimate of drug-likeness (QED) is 0.743. The van der Waals surface area contributed by atoms with Crippen LogP contribution < -0.4 is 0 Å². The van der Waals surface area contributed by atoms with Crippen LogP contribution in [0.15, 0.2) is 15.9 Å². The molecule has 0 bridgehead atoms. The predicted octanol–water partition coefficient (Wildman–Crippen LogP) is 3.77. The number of thioether (sulfide) groups is 1. The van der Waals surface area contributed by atoms with E-state index in [1.165, 1.54) is 0 Å². The van der Waals surface area contributed by atoms with E-state index in [1.807, 2.05) is 11.4 Å². The highest BCUT2D eigenvalue weighted by Gasteiger charge is 2.05. The van der Waals surface area contributed by atoms with Crippen molar-refractivity contribution in [2.24, 2.45) is 0 Å². The van der Waals surface area contributed by atoms with Gasteiger partial charge in [0.25, 0.3) is 0 Å². The highest BCUT2D eigenvalue weighted by molar-refractivity contribution is 9.10. The van der Waals surface area contributed by atoms with Gasteiger partial charge in [0.05, 0.1) is 5.75 Å². The molecule has 0 saturated carbocycles. The van der Waals surface area contributed by atoms with E-state index in [1.54, 1.807) is 23.1 Å². The van der Waals surface area contributed by atoms with Gasteiger partial charge in [-0.3, -0.25) is 4.79 Å². The van der Waals surface area contributed by atoms with Crippen LogP contribution in [0.3, 0.4) is 0 Å². The molecule has 0 atom stereocenters. The van der Waals surface area contributed by atoms with Gasteiger partial charge in [0, 0.05) is 21.2 Å². The maximum atomic E-state index is 11.5. The minimum atomic E-state index is 0.331. The molecule has 78 valence electrons. The Labute approximate surface area is 101 Å². The number of ketones is 1. The first-order chi connectivity index (χ1) is 6.72. The fourth-order valence-corrected chi connectivity index (χ4v) is 3.26. The van der Waals surface area contributed by atoms with Crippen molar-refractivity contribution in [3.63, 3.8) is 0 Å². The molecule has 0 aromatic carbocycles. The van der Waals surface area contributed by atoms with Crippen LogP contribution in [0.1, 0.15) is 18.2 Å². The van der Waals surface area contributed by atoms with Gasteiger partial charge in [0.1, 0.15) is 5.78 Å². The normalized spacial score (nSPS) is 10.4. The fourth-order valence-electron chi connectivity index (χ4n) is 1.02. The molecule has 0 aliphatic carbocycles. The highest BCUT2D eigenvalue weighted by atomic mass is 79.9. The van der Waals surface area contributed by atoms with Crippen LogP contribution in [0.25, 0.3) is 0 Å². The molecule has 1 heterocycles. The predicted molar refractivity (Wildman–Crippen MR) is 68.3 cm³/mol. The lowest BCUT2D eigenvalue weighted by molar-refractivity contribution is -0.115. The first kappa shape index (κ1) is 12.3. The number of hydrogen-bond donors (Lipinski definition) is 0. The summed E-state index contributed by atoms with van der Waals surface area (Å²) in [4.78, 5) is 12.6. The second-order valence-corrected chi connectivity index (χ2v) is 6.02. The molecule has 1 aromatic heterocycles. The van der Waals surface area contributed by atoms with Gasteiger partial charge >= 0.3 is 0 Å². The van der Waals surface area contributed by atoms with E-state index in [-0.39, 0.29) is 0 Å². The van der Waals surface area contributed by atoms with Gasteiger partial charge in [-0.25, -0.2) is 0 Å². The zero-order valence-corrected chi connectivity index (χ0v) is 11.3. The molecule has 4 heteroatoms. The van der Waals surface area contributed by atoms with E-state index in [0.29, 0.717) is 18.0 Å². The zero-order chi connectivity index (χ0) is 10.4. The summed E-state index contributed by atoms with van der Waals surface area (Å²) < 4.78 is 1.08. The van der Waals surface area contributed by atoms with Crippen molar-refractivity contribution in [3.05, 3.63) is 20.8 Å². The van der Waals surface area contributed by atoms with Crippen molar-refractivity contribution >= 4 is 44.8 Å². The molecule has 1 aromatic rings. The molecular formula is C10H13BrOS2. The summed E-state index contributed by atoms with van der Waals surface area (Å²) in [6.07, 6.45) is 1.73. The maximum absolute atomic E-state index is 11.5. The standard InChI is InChI=1S/C10H13BrOS2/c1-2-3-13-7-9(12)5-10-4-8(11)6-14-10/h4,6H,2-3,5,7H2,1H3. The van der Waals surface area contributed by atoms with E-state index >= 15 is 0 Å². The number of carbonyl (C=O) groups excluding carboxylic acids is 1. The molecule has 1 rings (SSSR count). The van der Waals surface area contributed by atoms with Gasteiger partial charge in [-0.2, -0.15) is 11.8 Å². The lowest BCUT2D eigenvalue weighted by atomic mass is 10.3. The molecule has 1 nitrogen and oxygen atoms in total. The van der Waals surface area contributed by atoms with Crippen LogP contribution in [-0.4, -0.2) is 17.3 Å². The molecule has 0 aliphatic rings. The average molecular weight is 293 g/mol. The molecule has 0 aliphatic heterocycles. The summed E-state index contributed by atoms with van der Waals surface area (Å²) in [5.41, 5.74) is 0. The maximum Gasteiger partial charge on any atom is 0.147 e. The first-order valence-corrected chi connectivity index (χ1v) is 7.37. The van der Waals surface area contributed by atoms with Crippen molar-refractivity contribution < 1.29 is 4.79 Å². The molecule has 0 unspecified atom stereocenters. The zero-order valence-electron chi connectivity index (χ0n) is 8.09. The lowest BCUT2D eigenvalue weighted by Crippen LogP contribution is -2.04. The van der Waals surface area contributed by atoms with Gasteiger partial charge in [0.2, 0.25) is 0 Å². The molecule has 0 spiro atoms. The molecule has 14 heavy (non-hydrogen) atoms. The molecule has 0 N–H and O–H groups in total. The summed E-state index contributed by atoms with van der Waals surface area (Å²) in [5.74, 6) is 2.07. The van der Waals surface area contributed by atoms with E-state index < -0.39 is 0 Å². The average Bonchev–Trinajstić information content (AvgIpc) is 2.52. The summed E-state index contributed by atoms with van der Waals surface area (Å²) in [6, 6.07) is 2.02. The van der Waals surface area contributed by atoms with Crippen LogP contribution >= 0.6 is 39.0 Å². The number of Topliss-reactive ketones (excluding diaryl/α,β-unsaturated/α-hetero) is 1. The number of halogens is 1. The number of hydrogen-bond acceptors (Lipinski definition) is 3. The Morgan fingerprint density at radius 2 is 2.43 bits per heavy atom. The van der Waals surface area contributed by atoms with Crippen molar-refractivity contribution in [3.8, 4) is 0 Å². The molecule has 0 saturated heterocycles. The van der Waals surface area contributed by atoms with E-state index in [9.17, 15) is 4.79 Å². The van der Waals surface area contributed by atoms with Crippen LogP contribution in [0, 0.1) is 0 Å². The van der Waals surface area contributed by atoms with Crippen molar-refractivity contribution in [1.29, 1.82) is 0 Å². The summed E-state index contributed by atoms with van der Waals surface area (Å²) in [5, 5.41) is 2.02. The topological polar surface area (TPSA) is 17.1 Å². The Kier molecular flexibility index (Phi) is 5.82. The van der Waals surface area contributed by atoms with Crippen LogP contribution in [0.4, 0.5) is 0 Å². The third-order valence-electron chi connectivity index (χ3n) is 1.60. The minimum absolute atomic E-state index is 0.331. The van der Waals surface area contributed by atoms with Crippen LogP contribution in [0.2, 0.25) is 0 Å². The smallest absolute Gasteiger partial charge is 0.147 e. The summed E-state index contributed by atoms with van der Waals surface area (Å²) in [6.45, 7) is 2.13. The monoisotopic (exact) mass is 292 g/mol. The van der Waals surface area contributed by atoms with Crippen LogP contribution in [-0.2, 0) is 11.2 Å². The third kappa shape index (κ3) is 4.62. The van der Waals surface area contributed by atoms with Crippen LogP contribution in [0.5, 0.6) is 0 Å². The van der Waals surface area contributed by atoms with Crippen molar-refractivity contribution in [2.45, 2.75) is 19.8 Å². The second-order valence-electron chi connectivity index (χ2n) is 3.00. The molecule has 0 radical (unpaired) electrons. The Morgan fingerprint density at radius 3 is 3.00 bits per heavy atom. The molecule has 0 fully saturated rings. The van der Waals surface area contributed by atoms with Crippen molar-refractivity contribution in [1.82, 2.24) is 0 Å². The molecular weight excluding hydrogens is 280 g/mol. The first-order valence-electron chi connectivity index (χ1n) is 4.54. The lowest BCUT2D eigenvalue weighted by Gasteiger charge is -1.97. The van der Waals surface area contributed by atoms with Gasteiger partial charge in [-0.1, -0.05) is 6.92 Å². The van der Waals surface area contributed by atoms with Gasteiger partial charge in [-0.15, -0.1) is 11.3 Å². The summed E-state index contributed by atoms with van der Waals surface area (Å²) in [7, 11) is 0. The number of thiophene rings is 1.